The zero-order valence-corrected chi connectivity index (χ0v) is 16.0. The lowest BCUT2D eigenvalue weighted by atomic mass is 10.00. The third-order valence-corrected chi connectivity index (χ3v) is 4.71. The van der Waals surface area contributed by atoms with Gasteiger partial charge in [0, 0.05) is 0 Å². The van der Waals surface area contributed by atoms with E-state index < -0.39 is 5.97 Å². The number of unbranched alkanes of at least 4 members (excludes halogenated alkanes) is 10. The van der Waals surface area contributed by atoms with Gasteiger partial charge in [-0.15, -0.1) is 0 Å². The first-order chi connectivity index (χ1) is 12.3. The van der Waals surface area contributed by atoms with Crippen LogP contribution in [0.1, 0.15) is 99.9 Å². The van der Waals surface area contributed by atoms with Gasteiger partial charge >= 0.3 is 5.97 Å². The molecule has 2 nitrogen and oxygen atoms in total. The Labute approximate surface area is 154 Å². The smallest absolute Gasteiger partial charge is 0.335 e. The Balaban J connectivity index is 1.94. The topological polar surface area (TPSA) is 37.3 Å². The second kappa shape index (κ2) is 14.7. The molecule has 0 aliphatic heterocycles. The van der Waals surface area contributed by atoms with Gasteiger partial charge in [0.05, 0.1) is 5.56 Å². The predicted octanol–water partition coefficient (Wildman–Crippen LogP) is 7.18. The van der Waals surface area contributed by atoms with Crippen molar-refractivity contribution >= 4 is 5.97 Å². The van der Waals surface area contributed by atoms with Crippen LogP contribution < -0.4 is 0 Å². The highest BCUT2D eigenvalue weighted by Gasteiger charge is 2.07. The number of allylic oxidation sites excluding steroid dienone is 2. The molecule has 0 fully saturated rings. The summed E-state index contributed by atoms with van der Waals surface area (Å²) in [6.07, 6.45) is 20.9. The summed E-state index contributed by atoms with van der Waals surface area (Å²) >= 11 is 0. The van der Waals surface area contributed by atoms with Crippen LogP contribution in [-0.4, -0.2) is 11.1 Å². The summed E-state index contributed by atoms with van der Waals surface area (Å²) in [6, 6.07) is 7.38. The van der Waals surface area contributed by atoms with Crippen LogP contribution in [0.5, 0.6) is 0 Å². The molecule has 2 heteroatoms. The van der Waals surface area contributed by atoms with Crippen molar-refractivity contribution in [3.05, 3.63) is 47.5 Å². The SMILES string of the molecule is CCCC/C=C\CCCCCCCCCCc1ccccc1C(=O)O. The number of benzene rings is 1. The lowest BCUT2D eigenvalue weighted by Crippen LogP contribution is -2.02. The highest BCUT2D eigenvalue weighted by Crippen LogP contribution is 2.15. The first-order valence-electron chi connectivity index (χ1n) is 10.2. The highest BCUT2D eigenvalue weighted by molar-refractivity contribution is 5.89. The summed E-state index contributed by atoms with van der Waals surface area (Å²) in [7, 11) is 0. The first kappa shape index (κ1) is 21.5. The average Bonchev–Trinajstić information content (AvgIpc) is 2.62. The molecule has 1 N–H and O–H groups in total. The number of carboxylic acid groups (broad SMARTS) is 1. The molecular formula is C23H36O2. The molecule has 0 saturated heterocycles. The van der Waals surface area contributed by atoms with Gasteiger partial charge < -0.3 is 5.11 Å². The molecule has 0 saturated carbocycles. The summed E-state index contributed by atoms with van der Waals surface area (Å²) in [5, 5.41) is 9.18. The second-order valence-corrected chi connectivity index (χ2v) is 6.94. The fourth-order valence-corrected chi connectivity index (χ4v) is 3.14. The largest absolute Gasteiger partial charge is 0.478 e. The Kier molecular flexibility index (Phi) is 12.7. The van der Waals surface area contributed by atoms with E-state index in [0.29, 0.717) is 5.56 Å². The van der Waals surface area contributed by atoms with E-state index in [9.17, 15) is 9.90 Å². The van der Waals surface area contributed by atoms with Crippen molar-refractivity contribution in [1.82, 2.24) is 0 Å². The number of carbonyl (C=O) groups is 1. The van der Waals surface area contributed by atoms with Gasteiger partial charge in [0.15, 0.2) is 0 Å². The lowest BCUT2D eigenvalue weighted by molar-refractivity contribution is 0.0695. The molecule has 0 aliphatic rings. The van der Waals surface area contributed by atoms with Gasteiger partial charge in [-0.2, -0.15) is 0 Å². The van der Waals surface area contributed by atoms with Crippen molar-refractivity contribution in [1.29, 1.82) is 0 Å². The molecule has 1 aromatic rings. The van der Waals surface area contributed by atoms with E-state index in [1.807, 2.05) is 12.1 Å². The van der Waals surface area contributed by atoms with Crippen LogP contribution in [0.2, 0.25) is 0 Å². The highest BCUT2D eigenvalue weighted by atomic mass is 16.4. The zero-order chi connectivity index (χ0) is 18.2. The fourth-order valence-electron chi connectivity index (χ4n) is 3.14. The third-order valence-electron chi connectivity index (χ3n) is 4.71. The predicted molar refractivity (Wildman–Crippen MR) is 107 cm³/mol. The molecule has 0 unspecified atom stereocenters. The van der Waals surface area contributed by atoms with Gasteiger partial charge in [0.1, 0.15) is 0 Å². The molecule has 140 valence electrons. The quantitative estimate of drug-likeness (QED) is 0.270. The maximum absolute atomic E-state index is 11.2. The van der Waals surface area contributed by atoms with Crippen LogP contribution in [0.25, 0.3) is 0 Å². The molecule has 0 aliphatic carbocycles. The van der Waals surface area contributed by atoms with E-state index in [-0.39, 0.29) is 0 Å². The summed E-state index contributed by atoms with van der Waals surface area (Å²) in [5.74, 6) is -0.809. The Hall–Kier alpha value is -1.57. The van der Waals surface area contributed by atoms with Crippen LogP contribution in [0.3, 0.4) is 0 Å². The fraction of sp³-hybridized carbons (Fsp3) is 0.609. The molecule has 0 atom stereocenters. The molecule has 0 spiro atoms. The van der Waals surface area contributed by atoms with Gasteiger partial charge in [-0.1, -0.05) is 88.6 Å². The molecule has 0 aromatic heterocycles. The maximum atomic E-state index is 11.2. The molecule has 0 heterocycles. The van der Waals surface area contributed by atoms with Crippen molar-refractivity contribution in [2.45, 2.75) is 90.4 Å². The average molecular weight is 345 g/mol. The monoisotopic (exact) mass is 344 g/mol. The summed E-state index contributed by atoms with van der Waals surface area (Å²) < 4.78 is 0. The molecule has 1 aromatic carbocycles. The maximum Gasteiger partial charge on any atom is 0.335 e. The van der Waals surface area contributed by atoms with Crippen molar-refractivity contribution in [2.75, 3.05) is 0 Å². The van der Waals surface area contributed by atoms with Gasteiger partial charge in [-0.3, -0.25) is 0 Å². The van der Waals surface area contributed by atoms with Crippen LogP contribution in [0.4, 0.5) is 0 Å². The Morgan fingerprint density at radius 1 is 0.840 bits per heavy atom. The van der Waals surface area contributed by atoms with E-state index >= 15 is 0 Å². The van der Waals surface area contributed by atoms with Gasteiger partial charge in [0.2, 0.25) is 0 Å². The molecule has 25 heavy (non-hydrogen) atoms. The summed E-state index contributed by atoms with van der Waals surface area (Å²) in [6.45, 7) is 2.24. The zero-order valence-electron chi connectivity index (χ0n) is 16.0. The molecule has 0 bridgehead atoms. The van der Waals surface area contributed by atoms with E-state index in [0.717, 1.165) is 18.4 Å². The molecular weight excluding hydrogens is 308 g/mol. The van der Waals surface area contributed by atoms with Gasteiger partial charge in [-0.25, -0.2) is 4.79 Å². The lowest BCUT2D eigenvalue weighted by Gasteiger charge is -2.06. The van der Waals surface area contributed by atoms with E-state index in [1.165, 1.54) is 70.6 Å². The normalized spacial score (nSPS) is 11.2. The van der Waals surface area contributed by atoms with Gasteiger partial charge in [0.25, 0.3) is 0 Å². The second-order valence-electron chi connectivity index (χ2n) is 6.94. The van der Waals surface area contributed by atoms with Crippen LogP contribution in [0, 0.1) is 0 Å². The standard InChI is InChI=1S/C23H36O2/c1-2-3-4-5-6-7-8-9-10-11-12-13-14-15-18-21-19-16-17-20-22(21)23(24)25/h5-6,16-17,19-20H,2-4,7-15,18H2,1H3,(H,24,25)/b6-5-. The molecule has 0 amide bonds. The minimum atomic E-state index is -0.809. The number of carboxylic acids is 1. The number of aryl methyl sites for hydroxylation is 1. The Bertz CT molecular complexity index is 491. The number of aromatic carboxylic acids is 1. The van der Waals surface area contributed by atoms with Crippen molar-refractivity contribution in [2.24, 2.45) is 0 Å². The third kappa shape index (κ3) is 10.8. The van der Waals surface area contributed by atoms with Crippen LogP contribution in [-0.2, 0) is 6.42 Å². The number of hydrogen-bond acceptors (Lipinski definition) is 1. The molecule has 1 rings (SSSR count). The van der Waals surface area contributed by atoms with E-state index in [2.05, 4.69) is 19.1 Å². The number of hydrogen-bond donors (Lipinski definition) is 1. The molecule has 0 radical (unpaired) electrons. The summed E-state index contributed by atoms with van der Waals surface area (Å²) in [4.78, 5) is 11.2. The van der Waals surface area contributed by atoms with E-state index in [1.54, 1.807) is 12.1 Å². The minimum absolute atomic E-state index is 0.464. The Morgan fingerprint density at radius 3 is 2.04 bits per heavy atom. The van der Waals surface area contributed by atoms with Gasteiger partial charge in [-0.05, 0) is 43.7 Å². The van der Waals surface area contributed by atoms with Crippen LogP contribution >= 0.6 is 0 Å². The van der Waals surface area contributed by atoms with Crippen molar-refractivity contribution < 1.29 is 9.90 Å². The Morgan fingerprint density at radius 2 is 1.40 bits per heavy atom. The summed E-state index contributed by atoms with van der Waals surface area (Å²) in [5.41, 5.74) is 1.44. The van der Waals surface area contributed by atoms with Crippen molar-refractivity contribution in [3.63, 3.8) is 0 Å². The minimum Gasteiger partial charge on any atom is -0.478 e. The van der Waals surface area contributed by atoms with E-state index in [4.69, 9.17) is 0 Å². The van der Waals surface area contributed by atoms with Crippen LogP contribution in [0.15, 0.2) is 36.4 Å². The van der Waals surface area contributed by atoms with Crippen molar-refractivity contribution in [3.8, 4) is 0 Å². The number of rotatable bonds is 15. The first-order valence-corrected chi connectivity index (χ1v) is 10.2.